The van der Waals surface area contributed by atoms with Gasteiger partial charge in [0, 0.05) is 13.1 Å². The van der Waals surface area contributed by atoms with Crippen LogP contribution in [0.1, 0.15) is 35.2 Å². The maximum absolute atomic E-state index is 13.8. The highest BCUT2D eigenvalue weighted by molar-refractivity contribution is 7.89. The molecule has 2 heterocycles. The number of nitrogens with zero attached hydrogens (tertiary/aromatic N) is 2. The number of benzene rings is 2. The highest BCUT2D eigenvalue weighted by atomic mass is 32.2. The van der Waals surface area contributed by atoms with Gasteiger partial charge in [0.25, 0.3) is 5.91 Å². The predicted molar refractivity (Wildman–Crippen MR) is 122 cm³/mol. The quantitative estimate of drug-likeness (QED) is 0.384. The molecule has 0 bridgehead atoms. The number of thiazole rings is 1. The second kappa shape index (κ2) is 9.91. The minimum Gasteiger partial charge on any atom is -0.452 e. The Labute approximate surface area is 202 Å². The predicted octanol–water partition coefficient (Wildman–Crippen LogP) is 3.99. The van der Waals surface area contributed by atoms with E-state index in [1.54, 1.807) is 6.92 Å². The number of esters is 1. The van der Waals surface area contributed by atoms with Crippen molar-refractivity contribution in [3.8, 4) is 0 Å². The van der Waals surface area contributed by atoms with Crippen LogP contribution in [0.2, 0.25) is 0 Å². The van der Waals surface area contributed by atoms with Gasteiger partial charge in [-0.25, -0.2) is 31.4 Å². The number of halogens is 3. The molecule has 1 amide bonds. The molecule has 0 radical (unpaired) electrons. The molecule has 1 aromatic heterocycles. The number of nitrogens with one attached hydrogen (secondary N) is 1. The van der Waals surface area contributed by atoms with E-state index in [1.807, 2.05) is 0 Å². The van der Waals surface area contributed by atoms with Gasteiger partial charge in [-0.2, -0.15) is 4.31 Å². The van der Waals surface area contributed by atoms with Crippen molar-refractivity contribution in [2.24, 2.45) is 0 Å². The van der Waals surface area contributed by atoms with Crippen LogP contribution in [0.5, 0.6) is 0 Å². The summed E-state index contributed by atoms with van der Waals surface area (Å²) in [6.07, 6.45) is 2.49. The first-order chi connectivity index (χ1) is 16.6. The molecule has 0 saturated carbocycles. The third-order valence-corrected chi connectivity index (χ3v) is 8.42. The third kappa shape index (κ3) is 5.16. The normalized spacial score (nSPS) is 14.7. The number of amides is 1. The minimum absolute atomic E-state index is 0.00531. The first-order valence-corrected chi connectivity index (χ1v) is 12.9. The first-order valence-electron chi connectivity index (χ1n) is 10.6. The van der Waals surface area contributed by atoms with Crippen molar-refractivity contribution in [3.63, 3.8) is 0 Å². The number of sulfonamides is 1. The fourth-order valence-corrected chi connectivity index (χ4v) is 6.32. The Morgan fingerprint density at radius 2 is 1.83 bits per heavy atom. The number of hydrogen-bond acceptors (Lipinski definition) is 7. The number of carbonyl (C=O) groups excluding carboxylic acids is 2. The van der Waals surface area contributed by atoms with E-state index in [-0.39, 0.29) is 20.3 Å². The van der Waals surface area contributed by atoms with Crippen molar-refractivity contribution in [2.75, 3.05) is 25.0 Å². The molecule has 1 aliphatic rings. The number of aromatic nitrogens is 1. The molecule has 0 unspecified atom stereocenters. The summed E-state index contributed by atoms with van der Waals surface area (Å²) in [5, 5.41) is 2.13. The van der Waals surface area contributed by atoms with E-state index in [0.29, 0.717) is 30.0 Å². The number of piperidine rings is 1. The van der Waals surface area contributed by atoms with Gasteiger partial charge in [-0.15, -0.1) is 0 Å². The van der Waals surface area contributed by atoms with Gasteiger partial charge in [0.05, 0.1) is 15.2 Å². The van der Waals surface area contributed by atoms with E-state index in [0.717, 1.165) is 25.3 Å². The van der Waals surface area contributed by atoms with Gasteiger partial charge in [0.15, 0.2) is 29.2 Å². The summed E-state index contributed by atoms with van der Waals surface area (Å²) in [4.78, 5) is 28.4. The van der Waals surface area contributed by atoms with Crippen LogP contribution in [-0.2, 0) is 19.6 Å². The number of aryl methyl sites for hydroxylation is 1. The number of carbonyl (C=O) groups is 2. The van der Waals surface area contributed by atoms with Crippen molar-refractivity contribution in [3.05, 3.63) is 52.8 Å². The summed E-state index contributed by atoms with van der Waals surface area (Å²) in [5.41, 5.74) is -0.0175. The summed E-state index contributed by atoms with van der Waals surface area (Å²) in [5.74, 6) is -6.28. The van der Waals surface area contributed by atoms with Crippen LogP contribution < -0.4 is 5.32 Å². The average molecular weight is 528 g/mol. The van der Waals surface area contributed by atoms with Crippen molar-refractivity contribution in [1.82, 2.24) is 9.29 Å². The maximum Gasteiger partial charge on any atom is 0.338 e. The molecule has 13 heteroatoms. The van der Waals surface area contributed by atoms with Gasteiger partial charge in [0.2, 0.25) is 10.0 Å². The van der Waals surface area contributed by atoms with E-state index in [1.165, 1.54) is 22.5 Å². The van der Waals surface area contributed by atoms with Gasteiger partial charge >= 0.3 is 5.97 Å². The Balaban J connectivity index is 1.43. The lowest BCUT2D eigenvalue weighted by molar-refractivity contribution is -0.119. The molecule has 1 aliphatic heterocycles. The number of ether oxygens (including phenoxy) is 1. The molecule has 35 heavy (non-hydrogen) atoms. The molecular formula is C22H20F3N3O5S2. The average Bonchev–Trinajstić information content (AvgIpc) is 3.24. The monoisotopic (exact) mass is 527 g/mol. The lowest BCUT2D eigenvalue weighted by atomic mass is 10.1. The van der Waals surface area contributed by atoms with Gasteiger partial charge in [-0.1, -0.05) is 23.8 Å². The molecule has 0 aliphatic carbocycles. The van der Waals surface area contributed by atoms with E-state index < -0.39 is 51.5 Å². The second-order valence-electron chi connectivity index (χ2n) is 7.92. The van der Waals surface area contributed by atoms with Gasteiger partial charge in [-0.3, -0.25) is 10.1 Å². The highest BCUT2D eigenvalue weighted by Gasteiger charge is 2.28. The highest BCUT2D eigenvalue weighted by Crippen LogP contribution is 2.30. The van der Waals surface area contributed by atoms with Gasteiger partial charge in [0.1, 0.15) is 5.52 Å². The summed E-state index contributed by atoms with van der Waals surface area (Å²) < 4.78 is 72.9. The van der Waals surface area contributed by atoms with Crippen LogP contribution in [-0.4, -0.2) is 49.3 Å². The van der Waals surface area contributed by atoms with Crippen LogP contribution >= 0.6 is 11.3 Å². The summed E-state index contributed by atoms with van der Waals surface area (Å²) in [7, 11) is -3.79. The Bertz CT molecular complexity index is 1420. The Morgan fingerprint density at radius 1 is 1.11 bits per heavy atom. The van der Waals surface area contributed by atoms with E-state index in [2.05, 4.69) is 10.3 Å². The van der Waals surface area contributed by atoms with Crippen molar-refractivity contribution < 1.29 is 35.9 Å². The summed E-state index contributed by atoms with van der Waals surface area (Å²) in [6.45, 7) is 1.69. The molecule has 186 valence electrons. The summed E-state index contributed by atoms with van der Waals surface area (Å²) >= 11 is 0.711. The fraction of sp³-hybridized carbons (Fsp3) is 0.318. The maximum atomic E-state index is 13.8. The van der Waals surface area contributed by atoms with Crippen molar-refractivity contribution in [2.45, 2.75) is 31.1 Å². The second-order valence-corrected chi connectivity index (χ2v) is 10.9. The summed E-state index contributed by atoms with van der Waals surface area (Å²) in [6, 6.07) is 4.86. The Hall–Kier alpha value is -3.03. The molecule has 8 nitrogen and oxygen atoms in total. The lowest BCUT2D eigenvalue weighted by Gasteiger charge is -2.26. The topological polar surface area (TPSA) is 106 Å². The SMILES string of the molecule is Cc1ccc(C(=O)OCC(=O)Nc2nc3c(F)c(F)c(F)cc3s2)cc1S(=O)(=O)N1CCCCC1. The fourth-order valence-electron chi connectivity index (χ4n) is 3.65. The largest absolute Gasteiger partial charge is 0.452 e. The van der Waals surface area contributed by atoms with Crippen molar-refractivity contribution in [1.29, 1.82) is 0 Å². The zero-order valence-electron chi connectivity index (χ0n) is 18.4. The third-order valence-electron chi connectivity index (χ3n) is 5.46. The number of fused-ring (bicyclic) bond motifs is 1. The Morgan fingerprint density at radius 3 is 2.54 bits per heavy atom. The zero-order valence-corrected chi connectivity index (χ0v) is 20.1. The standard InChI is InChI=1S/C22H20F3N3O5S2/c1-12-5-6-13(9-16(12)35(31,32)28-7-3-2-4-8-28)21(30)33-11-17(29)26-22-27-20-15(34-22)10-14(23)18(24)19(20)25/h5-6,9-10H,2-4,7-8,11H2,1H3,(H,26,27,29). The van der Waals surface area contributed by atoms with Crippen LogP contribution in [0, 0.1) is 24.4 Å². The van der Waals surface area contributed by atoms with E-state index in [4.69, 9.17) is 4.74 Å². The van der Waals surface area contributed by atoms with Gasteiger partial charge < -0.3 is 4.74 Å². The number of hydrogen-bond donors (Lipinski definition) is 1. The van der Waals surface area contributed by atoms with Crippen molar-refractivity contribution >= 4 is 48.6 Å². The molecule has 1 saturated heterocycles. The lowest BCUT2D eigenvalue weighted by Crippen LogP contribution is -2.36. The van der Waals surface area contributed by atoms with E-state index >= 15 is 0 Å². The zero-order chi connectivity index (χ0) is 25.3. The molecule has 2 aromatic carbocycles. The molecular weight excluding hydrogens is 507 g/mol. The molecule has 1 N–H and O–H groups in total. The molecule has 1 fully saturated rings. The van der Waals surface area contributed by atoms with Crippen LogP contribution in [0.15, 0.2) is 29.2 Å². The minimum atomic E-state index is -3.79. The van der Waals surface area contributed by atoms with Gasteiger partial charge in [-0.05, 0) is 43.5 Å². The Kier molecular flexibility index (Phi) is 7.10. The molecule has 0 spiro atoms. The molecule has 4 rings (SSSR count). The molecule has 0 atom stereocenters. The van der Waals surface area contributed by atoms with Crippen LogP contribution in [0.3, 0.4) is 0 Å². The van der Waals surface area contributed by atoms with Crippen LogP contribution in [0.25, 0.3) is 10.2 Å². The number of rotatable bonds is 6. The smallest absolute Gasteiger partial charge is 0.338 e. The first kappa shape index (κ1) is 25.1. The van der Waals surface area contributed by atoms with E-state index in [9.17, 15) is 31.2 Å². The number of anilines is 1. The van der Waals surface area contributed by atoms with Crippen LogP contribution in [0.4, 0.5) is 18.3 Å². The molecule has 3 aromatic rings.